The molecule has 0 saturated carbocycles. The molecule has 0 heterocycles. The predicted octanol–water partition coefficient (Wildman–Crippen LogP) is 2.96. The number of rotatable bonds is 5. The van der Waals surface area contributed by atoms with Gasteiger partial charge in [0.25, 0.3) is 0 Å². The molecule has 64 valence electrons. The van der Waals surface area contributed by atoms with Crippen molar-refractivity contribution in [3.63, 3.8) is 0 Å². The van der Waals surface area contributed by atoms with Gasteiger partial charge in [-0.2, -0.15) is 0 Å². The van der Waals surface area contributed by atoms with Gasteiger partial charge in [-0.3, -0.25) is 0 Å². The monoisotopic (exact) mass is 154 g/mol. The van der Waals surface area contributed by atoms with E-state index in [9.17, 15) is 4.79 Å². The van der Waals surface area contributed by atoms with Crippen molar-refractivity contribution in [1.82, 2.24) is 0 Å². The molecule has 1 nitrogen and oxygen atoms in total. The van der Waals surface area contributed by atoms with Gasteiger partial charge < -0.3 is 4.79 Å². The van der Waals surface area contributed by atoms with Crippen LogP contribution in [0.1, 0.15) is 40.0 Å². The predicted molar refractivity (Wildman–Crippen MR) is 48.5 cm³/mol. The van der Waals surface area contributed by atoms with E-state index in [0.717, 1.165) is 19.1 Å². The Balaban J connectivity index is 3.59. The van der Waals surface area contributed by atoms with Crippen molar-refractivity contribution in [3.8, 4) is 0 Å². The molecule has 0 aromatic rings. The molecule has 0 unspecified atom stereocenters. The van der Waals surface area contributed by atoms with E-state index in [1.165, 1.54) is 6.42 Å². The number of hydrogen-bond acceptors (Lipinski definition) is 1. The minimum Gasteiger partial charge on any atom is -0.303 e. The summed E-state index contributed by atoms with van der Waals surface area (Å²) in [6.07, 6.45) is 8.41. The van der Waals surface area contributed by atoms with Gasteiger partial charge in [0, 0.05) is 5.41 Å². The molecule has 0 aliphatic heterocycles. The van der Waals surface area contributed by atoms with Crippen molar-refractivity contribution in [2.24, 2.45) is 5.41 Å². The molecule has 1 heteroatoms. The summed E-state index contributed by atoms with van der Waals surface area (Å²) in [5.41, 5.74) is -0.176. The number of allylic oxidation sites excluding steroid dienone is 2. The van der Waals surface area contributed by atoms with Gasteiger partial charge in [-0.1, -0.05) is 39.3 Å². The lowest BCUT2D eigenvalue weighted by atomic mass is 9.91. The average Bonchev–Trinajstić information content (AvgIpc) is 1.99. The van der Waals surface area contributed by atoms with Crippen molar-refractivity contribution in [1.29, 1.82) is 0 Å². The third-order valence-corrected chi connectivity index (χ3v) is 1.58. The van der Waals surface area contributed by atoms with Crippen molar-refractivity contribution in [2.75, 3.05) is 0 Å². The zero-order chi connectivity index (χ0) is 8.74. The molecule has 0 aliphatic rings. The molecule has 0 amide bonds. The van der Waals surface area contributed by atoms with Crippen molar-refractivity contribution >= 4 is 6.29 Å². The topological polar surface area (TPSA) is 17.1 Å². The van der Waals surface area contributed by atoms with E-state index >= 15 is 0 Å². The molecule has 11 heavy (non-hydrogen) atoms. The SMILES string of the molecule is CCCC=CCC(C)(C)C=O. The molecule has 0 fully saturated rings. The van der Waals surface area contributed by atoms with Crippen LogP contribution in [-0.2, 0) is 4.79 Å². The zero-order valence-electron chi connectivity index (χ0n) is 7.76. The molecule has 0 aromatic carbocycles. The van der Waals surface area contributed by atoms with Crippen molar-refractivity contribution < 1.29 is 4.79 Å². The number of aldehydes is 1. The van der Waals surface area contributed by atoms with E-state index in [2.05, 4.69) is 19.1 Å². The van der Waals surface area contributed by atoms with Gasteiger partial charge in [-0.05, 0) is 12.8 Å². The summed E-state index contributed by atoms with van der Waals surface area (Å²) in [5, 5.41) is 0. The quantitative estimate of drug-likeness (QED) is 0.439. The summed E-state index contributed by atoms with van der Waals surface area (Å²) in [5.74, 6) is 0. The van der Waals surface area contributed by atoms with Crippen LogP contribution in [0, 0.1) is 5.41 Å². The first-order valence-corrected chi connectivity index (χ1v) is 4.23. The van der Waals surface area contributed by atoms with Gasteiger partial charge in [0.2, 0.25) is 0 Å². The van der Waals surface area contributed by atoms with E-state index in [1.807, 2.05) is 13.8 Å². The van der Waals surface area contributed by atoms with Gasteiger partial charge in [-0.25, -0.2) is 0 Å². The summed E-state index contributed by atoms with van der Waals surface area (Å²) in [7, 11) is 0. The molecule has 0 atom stereocenters. The first kappa shape index (κ1) is 10.4. The fourth-order valence-corrected chi connectivity index (χ4v) is 0.720. The van der Waals surface area contributed by atoms with Gasteiger partial charge >= 0.3 is 0 Å². The Bertz CT molecular complexity index is 134. The summed E-state index contributed by atoms with van der Waals surface area (Å²) < 4.78 is 0. The highest BCUT2D eigenvalue weighted by Gasteiger charge is 2.12. The fourth-order valence-electron chi connectivity index (χ4n) is 0.720. The van der Waals surface area contributed by atoms with Crippen LogP contribution in [0.2, 0.25) is 0 Å². The van der Waals surface area contributed by atoms with Crippen LogP contribution in [0.5, 0.6) is 0 Å². The van der Waals surface area contributed by atoms with E-state index in [0.29, 0.717) is 0 Å². The lowest BCUT2D eigenvalue weighted by Gasteiger charge is -2.12. The van der Waals surface area contributed by atoms with Gasteiger partial charge in [0.15, 0.2) is 0 Å². The average molecular weight is 154 g/mol. The summed E-state index contributed by atoms with van der Waals surface area (Å²) in [6, 6.07) is 0. The first-order chi connectivity index (χ1) is 5.12. The van der Waals surface area contributed by atoms with Crippen LogP contribution in [0.3, 0.4) is 0 Å². The number of hydrogen-bond donors (Lipinski definition) is 0. The van der Waals surface area contributed by atoms with E-state index < -0.39 is 0 Å². The Morgan fingerprint density at radius 1 is 1.27 bits per heavy atom. The fraction of sp³-hybridized carbons (Fsp3) is 0.700. The molecule has 0 radical (unpaired) electrons. The Labute approximate surface area is 69.5 Å². The molecule has 0 spiro atoms. The molecular formula is C10H18O. The Kier molecular flexibility index (Phi) is 4.84. The van der Waals surface area contributed by atoms with E-state index in [-0.39, 0.29) is 5.41 Å². The second-order valence-electron chi connectivity index (χ2n) is 3.57. The largest absolute Gasteiger partial charge is 0.303 e. The second kappa shape index (κ2) is 5.11. The van der Waals surface area contributed by atoms with Gasteiger partial charge in [0.05, 0.1) is 0 Å². The minimum absolute atomic E-state index is 0.176. The Hall–Kier alpha value is -0.590. The number of unbranched alkanes of at least 4 members (excludes halogenated alkanes) is 1. The molecular weight excluding hydrogens is 136 g/mol. The second-order valence-corrected chi connectivity index (χ2v) is 3.57. The molecule has 0 bridgehead atoms. The maximum absolute atomic E-state index is 10.5. The Morgan fingerprint density at radius 3 is 2.36 bits per heavy atom. The highest BCUT2D eigenvalue weighted by molar-refractivity contribution is 5.58. The van der Waals surface area contributed by atoms with Crippen LogP contribution < -0.4 is 0 Å². The van der Waals surface area contributed by atoms with Crippen LogP contribution >= 0.6 is 0 Å². The van der Waals surface area contributed by atoms with Crippen LogP contribution in [0.25, 0.3) is 0 Å². The van der Waals surface area contributed by atoms with Gasteiger partial charge in [-0.15, -0.1) is 0 Å². The lowest BCUT2D eigenvalue weighted by Crippen LogP contribution is -2.10. The highest BCUT2D eigenvalue weighted by atomic mass is 16.1. The first-order valence-electron chi connectivity index (χ1n) is 4.23. The molecule has 0 aromatic heterocycles. The van der Waals surface area contributed by atoms with E-state index in [4.69, 9.17) is 0 Å². The summed E-state index contributed by atoms with van der Waals surface area (Å²) in [4.78, 5) is 10.5. The van der Waals surface area contributed by atoms with E-state index in [1.54, 1.807) is 0 Å². The van der Waals surface area contributed by atoms with Crippen LogP contribution in [-0.4, -0.2) is 6.29 Å². The number of carbonyl (C=O) groups excluding carboxylic acids is 1. The Morgan fingerprint density at radius 2 is 1.91 bits per heavy atom. The summed E-state index contributed by atoms with van der Waals surface area (Å²) >= 11 is 0. The van der Waals surface area contributed by atoms with Crippen molar-refractivity contribution in [2.45, 2.75) is 40.0 Å². The zero-order valence-corrected chi connectivity index (χ0v) is 7.76. The minimum atomic E-state index is -0.176. The molecule has 0 saturated heterocycles. The van der Waals surface area contributed by atoms with Gasteiger partial charge in [0.1, 0.15) is 6.29 Å². The maximum atomic E-state index is 10.5. The molecule has 0 rings (SSSR count). The van der Waals surface area contributed by atoms with Crippen LogP contribution in [0.15, 0.2) is 12.2 Å². The maximum Gasteiger partial charge on any atom is 0.125 e. The highest BCUT2D eigenvalue weighted by Crippen LogP contribution is 2.16. The smallest absolute Gasteiger partial charge is 0.125 e. The van der Waals surface area contributed by atoms with Crippen molar-refractivity contribution in [3.05, 3.63) is 12.2 Å². The lowest BCUT2D eigenvalue weighted by molar-refractivity contribution is -0.114. The number of carbonyl (C=O) groups is 1. The van der Waals surface area contributed by atoms with Crippen LogP contribution in [0.4, 0.5) is 0 Å². The summed E-state index contributed by atoms with van der Waals surface area (Å²) in [6.45, 7) is 6.06. The third-order valence-electron chi connectivity index (χ3n) is 1.58. The molecule has 0 N–H and O–H groups in total. The third kappa shape index (κ3) is 5.84. The normalized spacial score (nSPS) is 12.3. The molecule has 0 aliphatic carbocycles. The standard InChI is InChI=1S/C10H18O/c1-4-5-6-7-8-10(2,3)9-11/h6-7,9H,4-5,8H2,1-3H3.